The van der Waals surface area contributed by atoms with Gasteiger partial charge >= 0.3 is 0 Å². The molecule has 1 aromatic carbocycles. The van der Waals surface area contributed by atoms with Crippen LogP contribution in [0.15, 0.2) is 24.3 Å². The van der Waals surface area contributed by atoms with E-state index in [1.54, 1.807) is 0 Å². The molecule has 6 heteroatoms. The molecule has 0 aromatic heterocycles. The van der Waals surface area contributed by atoms with Gasteiger partial charge in [0.25, 0.3) is 0 Å². The number of hydrogen-bond donors (Lipinski definition) is 2. The van der Waals surface area contributed by atoms with E-state index in [-0.39, 0.29) is 36.8 Å². The van der Waals surface area contributed by atoms with Crippen LogP contribution in [0.25, 0.3) is 0 Å². The number of nitrogens with one attached hydrogen (secondary N) is 1. The molecule has 1 fully saturated rings. The lowest BCUT2D eigenvalue weighted by Crippen LogP contribution is -2.25. The monoisotopic (exact) mass is 319 g/mol. The van der Waals surface area contributed by atoms with E-state index >= 15 is 0 Å². The number of nitrogens with two attached hydrogens (primary N) is 1. The molecule has 1 aliphatic heterocycles. The quantitative estimate of drug-likeness (QED) is 0.897. The maximum atomic E-state index is 11.8. The Hall–Kier alpha value is -0.970. The first-order chi connectivity index (χ1) is 8.66. The Balaban J connectivity index is 0.00000180. The summed E-state index contributed by atoms with van der Waals surface area (Å²) in [4.78, 5) is 14.1. The van der Waals surface area contributed by atoms with Gasteiger partial charge in [0.2, 0.25) is 5.91 Å². The molecule has 114 valence electrons. The minimum atomic E-state index is -0.107. The Kier molecular flexibility index (Phi) is 8.62. The van der Waals surface area contributed by atoms with Gasteiger partial charge in [0, 0.05) is 25.6 Å². The molecule has 1 unspecified atom stereocenters. The maximum absolute atomic E-state index is 11.8. The van der Waals surface area contributed by atoms with Gasteiger partial charge in [-0.2, -0.15) is 0 Å². The van der Waals surface area contributed by atoms with Gasteiger partial charge in [0.05, 0.1) is 11.4 Å². The van der Waals surface area contributed by atoms with Crippen LogP contribution in [0.5, 0.6) is 0 Å². The largest absolute Gasteiger partial charge is 0.370 e. The summed E-state index contributed by atoms with van der Waals surface area (Å²) in [6.45, 7) is 3.98. The molecular formula is C14H23Cl2N3O. The van der Waals surface area contributed by atoms with E-state index in [1.165, 1.54) is 12.8 Å². The summed E-state index contributed by atoms with van der Waals surface area (Å²) in [6.07, 6.45) is 2.80. The molecule has 0 aliphatic carbocycles. The number of amides is 1. The van der Waals surface area contributed by atoms with Crippen LogP contribution in [0.2, 0.25) is 0 Å². The van der Waals surface area contributed by atoms with E-state index in [0.717, 1.165) is 24.5 Å². The first kappa shape index (κ1) is 19.0. The minimum absolute atomic E-state index is 0. The molecule has 1 saturated heterocycles. The highest BCUT2D eigenvalue weighted by Crippen LogP contribution is 2.28. The van der Waals surface area contributed by atoms with Crippen LogP contribution in [0, 0.1) is 0 Å². The first-order valence-electron chi connectivity index (χ1n) is 6.56. The summed E-state index contributed by atoms with van der Waals surface area (Å²) in [6, 6.07) is 7.86. The van der Waals surface area contributed by atoms with Gasteiger partial charge in [-0.15, -0.1) is 24.8 Å². The fourth-order valence-electron chi connectivity index (χ4n) is 2.31. The highest BCUT2D eigenvalue weighted by molar-refractivity contribution is 5.94. The highest BCUT2D eigenvalue weighted by Gasteiger charge is 2.16. The number of hydrogen-bond acceptors (Lipinski definition) is 3. The summed E-state index contributed by atoms with van der Waals surface area (Å²) in [5.41, 5.74) is 7.65. The Morgan fingerprint density at radius 3 is 2.50 bits per heavy atom. The zero-order chi connectivity index (χ0) is 13.0. The third-order valence-corrected chi connectivity index (χ3v) is 3.13. The van der Waals surface area contributed by atoms with Crippen molar-refractivity contribution in [3.63, 3.8) is 0 Å². The van der Waals surface area contributed by atoms with E-state index < -0.39 is 0 Å². The molecule has 0 radical (unpaired) electrons. The molecule has 1 atom stereocenters. The topological polar surface area (TPSA) is 58.4 Å². The third kappa shape index (κ3) is 5.19. The molecule has 0 saturated carbocycles. The van der Waals surface area contributed by atoms with Crippen molar-refractivity contribution < 1.29 is 4.79 Å². The van der Waals surface area contributed by atoms with Crippen molar-refractivity contribution in [1.29, 1.82) is 0 Å². The first-order valence-corrected chi connectivity index (χ1v) is 6.56. The summed E-state index contributed by atoms with van der Waals surface area (Å²) >= 11 is 0. The van der Waals surface area contributed by atoms with Crippen molar-refractivity contribution in [3.05, 3.63) is 24.3 Å². The molecule has 4 nitrogen and oxygen atoms in total. The van der Waals surface area contributed by atoms with Crippen molar-refractivity contribution in [2.45, 2.75) is 32.2 Å². The number of carbonyl (C=O) groups excluding carboxylic acids is 1. The Morgan fingerprint density at radius 2 is 1.90 bits per heavy atom. The van der Waals surface area contributed by atoms with Crippen LogP contribution in [-0.4, -0.2) is 25.0 Å². The van der Waals surface area contributed by atoms with Crippen LogP contribution >= 0.6 is 24.8 Å². The number of para-hydroxylation sites is 2. The zero-order valence-corrected chi connectivity index (χ0v) is 13.3. The van der Waals surface area contributed by atoms with Gasteiger partial charge in [-0.1, -0.05) is 12.1 Å². The average molecular weight is 320 g/mol. The van der Waals surface area contributed by atoms with Crippen LogP contribution in [-0.2, 0) is 4.79 Å². The average Bonchev–Trinajstić information content (AvgIpc) is 2.81. The van der Waals surface area contributed by atoms with Crippen LogP contribution in [0.3, 0.4) is 0 Å². The van der Waals surface area contributed by atoms with E-state index in [0.29, 0.717) is 6.42 Å². The number of nitrogens with zero attached hydrogens (tertiary/aromatic N) is 1. The molecule has 2 rings (SSSR count). The van der Waals surface area contributed by atoms with Crippen LogP contribution in [0.4, 0.5) is 11.4 Å². The van der Waals surface area contributed by atoms with E-state index in [4.69, 9.17) is 5.73 Å². The Labute approximate surface area is 132 Å². The van der Waals surface area contributed by atoms with Gasteiger partial charge in [0.15, 0.2) is 0 Å². The summed E-state index contributed by atoms with van der Waals surface area (Å²) in [7, 11) is 0. The molecule has 1 heterocycles. The van der Waals surface area contributed by atoms with Gasteiger partial charge in [-0.25, -0.2) is 0 Å². The normalized spacial score (nSPS) is 15.0. The number of carbonyl (C=O) groups is 1. The lowest BCUT2D eigenvalue weighted by molar-refractivity contribution is -0.116. The standard InChI is InChI=1S/C14H21N3O.2ClH/c1-11(15)10-14(18)16-12-6-2-3-7-13(12)17-8-4-5-9-17;;/h2-3,6-7,11H,4-5,8-10,15H2,1H3,(H,16,18);2*1H. The lowest BCUT2D eigenvalue weighted by Gasteiger charge is -2.21. The smallest absolute Gasteiger partial charge is 0.225 e. The second-order valence-corrected chi connectivity index (χ2v) is 4.94. The second-order valence-electron chi connectivity index (χ2n) is 4.94. The van der Waals surface area contributed by atoms with E-state index in [2.05, 4.69) is 16.3 Å². The van der Waals surface area contributed by atoms with Crippen molar-refractivity contribution in [2.75, 3.05) is 23.3 Å². The maximum Gasteiger partial charge on any atom is 0.225 e. The van der Waals surface area contributed by atoms with Gasteiger partial charge in [-0.3, -0.25) is 4.79 Å². The van der Waals surface area contributed by atoms with Crippen molar-refractivity contribution in [1.82, 2.24) is 0 Å². The summed E-state index contributed by atoms with van der Waals surface area (Å²) in [5, 5.41) is 2.96. The zero-order valence-electron chi connectivity index (χ0n) is 11.7. The van der Waals surface area contributed by atoms with Crippen LogP contribution < -0.4 is 16.0 Å². The van der Waals surface area contributed by atoms with Gasteiger partial charge in [0.1, 0.15) is 0 Å². The third-order valence-electron chi connectivity index (χ3n) is 3.13. The number of benzene rings is 1. The fourth-order valence-corrected chi connectivity index (χ4v) is 2.31. The molecule has 0 bridgehead atoms. The number of rotatable bonds is 4. The number of anilines is 2. The van der Waals surface area contributed by atoms with E-state index in [1.807, 2.05) is 25.1 Å². The van der Waals surface area contributed by atoms with Crippen LogP contribution in [0.1, 0.15) is 26.2 Å². The van der Waals surface area contributed by atoms with E-state index in [9.17, 15) is 4.79 Å². The molecule has 1 aliphatic rings. The minimum Gasteiger partial charge on any atom is -0.370 e. The number of halogens is 2. The molecule has 1 amide bonds. The molecular weight excluding hydrogens is 297 g/mol. The van der Waals surface area contributed by atoms with Gasteiger partial charge in [-0.05, 0) is 31.9 Å². The lowest BCUT2D eigenvalue weighted by atomic mass is 10.2. The highest BCUT2D eigenvalue weighted by atomic mass is 35.5. The van der Waals surface area contributed by atoms with Crippen molar-refractivity contribution in [2.24, 2.45) is 5.73 Å². The van der Waals surface area contributed by atoms with Gasteiger partial charge < -0.3 is 16.0 Å². The predicted molar refractivity (Wildman–Crippen MR) is 89.3 cm³/mol. The molecule has 1 aromatic rings. The molecule has 3 N–H and O–H groups in total. The van der Waals surface area contributed by atoms with Crippen molar-refractivity contribution in [3.8, 4) is 0 Å². The predicted octanol–water partition coefficient (Wildman–Crippen LogP) is 2.81. The SMILES string of the molecule is CC(N)CC(=O)Nc1ccccc1N1CCCC1.Cl.Cl. The van der Waals surface area contributed by atoms with Crippen molar-refractivity contribution >= 4 is 42.1 Å². The molecule has 20 heavy (non-hydrogen) atoms. The molecule has 0 spiro atoms. The Bertz CT molecular complexity index is 421. The summed E-state index contributed by atoms with van der Waals surface area (Å²) < 4.78 is 0. The second kappa shape index (κ2) is 9.06. The fraction of sp³-hybridized carbons (Fsp3) is 0.500. The summed E-state index contributed by atoms with van der Waals surface area (Å²) in [5.74, 6) is -0.0170. The Morgan fingerprint density at radius 1 is 1.30 bits per heavy atom.